The van der Waals surface area contributed by atoms with Crippen molar-refractivity contribution in [3.8, 4) is 0 Å². The van der Waals surface area contributed by atoms with Crippen LogP contribution in [0.15, 0.2) is 36.4 Å². The Morgan fingerprint density at radius 2 is 1.39 bits per heavy atom. The summed E-state index contributed by atoms with van der Waals surface area (Å²) in [6.45, 7) is 25.7. The summed E-state index contributed by atoms with van der Waals surface area (Å²) in [4.78, 5) is 0. The number of benzene rings is 2. The molecule has 4 rings (SSSR count). The number of hydrogen-bond acceptors (Lipinski definition) is 0. The van der Waals surface area contributed by atoms with E-state index in [1.165, 1.54) is 59.8 Å². The van der Waals surface area contributed by atoms with Gasteiger partial charge in [0.15, 0.2) is 0 Å². The van der Waals surface area contributed by atoms with Crippen molar-refractivity contribution in [2.24, 2.45) is 0 Å². The van der Waals surface area contributed by atoms with E-state index in [4.69, 9.17) is 0 Å². The fourth-order valence-electron chi connectivity index (χ4n) is 5.56. The molecule has 1 radical (unpaired) electrons. The molecule has 0 aromatic heterocycles. The van der Waals surface area contributed by atoms with E-state index in [2.05, 4.69) is 119 Å². The van der Waals surface area contributed by atoms with Crippen molar-refractivity contribution in [3.63, 3.8) is 0 Å². The van der Waals surface area contributed by atoms with Crippen LogP contribution in [0.1, 0.15) is 110 Å². The van der Waals surface area contributed by atoms with Crippen LogP contribution >= 0.6 is 0 Å². The Bertz CT molecular complexity index is 1430. The summed E-state index contributed by atoms with van der Waals surface area (Å²) in [7, 11) is 0. The van der Waals surface area contributed by atoms with Crippen molar-refractivity contribution in [2.75, 3.05) is 0 Å². The molecule has 0 fully saturated rings. The van der Waals surface area contributed by atoms with Crippen LogP contribution in [-0.4, -0.2) is 0 Å². The van der Waals surface area contributed by atoms with Crippen LogP contribution in [0.3, 0.4) is 0 Å². The third-order valence-corrected chi connectivity index (χ3v) is 7.01. The van der Waals surface area contributed by atoms with Crippen molar-refractivity contribution < 1.29 is 51.0 Å². The summed E-state index contributed by atoms with van der Waals surface area (Å²) in [5, 5.41) is 5.42. The normalized spacial score (nSPS) is 14.0. The third kappa shape index (κ3) is 5.75. The predicted octanol–water partition coefficient (Wildman–Crippen LogP) is 1.42. The predicted molar refractivity (Wildman–Crippen MR) is 145 cm³/mol. The van der Waals surface area contributed by atoms with E-state index in [1.807, 2.05) is 0 Å². The van der Waals surface area contributed by atoms with Crippen molar-refractivity contribution in [3.05, 3.63) is 85.1 Å². The molecule has 0 saturated heterocycles. The minimum absolute atomic E-state index is 0. The van der Waals surface area contributed by atoms with Gasteiger partial charge in [0.1, 0.15) is 0 Å². The Labute approximate surface area is 250 Å². The molecule has 0 saturated carbocycles. The summed E-state index contributed by atoms with van der Waals surface area (Å²) in [5.74, 6) is 0. The molecule has 2 aliphatic rings. The smallest absolute Gasteiger partial charge is 1.00 e. The number of halogens is 2. The van der Waals surface area contributed by atoms with Crippen LogP contribution in [0.4, 0.5) is 0 Å². The maximum absolute atomic E-state index is 3.94. The Kier molecular flexibility index (Phi) is 10.2. The molecule has 2 aliphatic carbocycles. The Morgan fingerprint density at radius 1 is 0.806 bits per heavy atom. The van der Waals surface area contributed by atoms with Crippen LogP contribution in [0.2, 0.25) is 0 Å². The molecule has 0 amide bonds. The first-order valence-electron chi connectivity index (χ1n) is 12.5. The van der Waals surface area contributed by atoms with Gasteiger partial charge in [-0.3, -0.25) is 0 Å². The molecule has 0 bridgehead atoms. The fraction of sp³-hybridized carbons (Fsp3) is 0.455. The van der Waals surface area contributed by atoms with E-state index in [0.717, 1.165) is 6.42 Å². The van der Waals surface area contributed by atoms with Crippen LogP contribution in [0.25, 0.3) is 17.2 Å². The second-order valence-electron chi connectivity index (χ2n) is 13.2. The average molecular weight is 600 g/mol. The summed E-state index contributed by atoms with van der Waals surface area (Å²) in [6.07, 6.45) is 11.8. The molecule has 0 unspecified atom stereocenters. The first-order chi connectivity index (χ1) is 15.1. The topological polar surface area (TPSA) is 0 Å². The minimum Gasteiger partial charge on any atom is -1.00 e. The van der Waals surface area contributed by atoms with Crippen LogP contribution in [-0.2, 0) is 42.4 Å². The van der Waals surface area contributed by atoms with Crippen molar-refractivity contribution in [1.82, 2.24) is 0 Å². The van der Waals surface area contributed by atoms with Gasteiger partial charge in [0.2, 0.25) is 0 Å². The first kappa shape index (κ1) is 33.2. The van der Waals surface area contributed by atoms with E-state index in [9.17, 15) is 0 Å². The molecule has 0 N–H and O–H groups in total. The zero-order chi connectivity index (χ0) is 24.5. The summed E-state index contributed by atoms with van der Waals surface area (Å²) in [6, 6.07) is 7.06. The second-order valence-corrected chi connectivity index (χ2v) is 13.2. The van der Waals surface area contributed by atoms with Crippen LogP contribution in [0.5, 0.6) is 0 Å². The second kappa shape index (κ2) is 11.1. The SMILES string of the molecule is CC(C)=c1c(C(C)(C)C)c(C(C)(C)C)c(C2=CC=CC2)c2c1=c1ccc(C(C)(C)C)cc1=[C-]2.[Cl-].[Cl-].[Zr+3]. The third-order valence-electron chi connectivity index (χ3n) is 7.01. The molecule has 191 valence electrons. The summed E-state index contributed by atoms with van der Waals surface area (Å²) in [5.41, 5.74) is 10.1. The Hall–Kier alpha value is -0.877. The van der Waals surface area contributed by atoms with Gasteiger partial charge in [0.25, 0.3) is 0 Å². The van der Waals surface area contributed by atoms with Gasteiger partial charge in [-0.15, -0.1) is 33.4 Å². The van der Waals surface area contributed by atoms with E-state index < -0.39 is 0 Å². The molecule has 3 heteroatoms. The zero-order valence-corrected chi connectivity index (χ0v) is 27.9. The molecule has 2 aromatic rings. The Balaban J connectivity index is 0.00000216. The molecule has 0 nitrogen and oxygen atoms in total. The molecule has 0 heterocycles. The van der Waals surface area contributed by atoms with E-state index >= 15 is 0 Å². The summed E-state index contributed by atoms with van der Waals surface area (Å²) >= 11 is 0. The van der Waals surface area contributed by atoms with Crippen LogP contribution in [0, 0.1) is 10.4 Å². The van der Waals surface area contributed by atoms with Crippen molar-refractivity contribution in [1.29, 1.82) is 0 Å². The maximum Gasteiger partial charge on any atom is 3.00 e. The molecule has 0 atom stereocenters. The molecule has 0 spiro atoms. The van der Waals surface area contributed by atoms with Crippen LogP contribution < -0.4 is 35.3 Å². The van der Waals surface area contributed by atoms with Gasteiger partial charge in [-0.05, 0) is 42.1 Å². The first-order valence-corrected chi connectivity index (χ1v) is 12.5. The largest absolute Gasteiger partial charge is 3.00 e. The number of rotatable bonds is 1. The quantitative estimate of drug-likeness (QED) is 0.372. The van der Waals surface area contributed by atoms with Crippen molar-refractivity contribution in [2.45, 2.75) is 98.8 Å². The maximum atomic E-state index is 3.94. The molecule has 2 aromatic carbocycles. The van der Waals surface area contributed by atoms with Gasteiger partial charge < -0.3 is 24.8 Å². The van der Waals surface area contributed by atoms with E-state index in [1.54, 1.807) is 0 Å². The molecular weight excluding hydrogens is 558 g/mol. The Morgan fingerprint density at radius 3 is 1.83 bits per heavy atom. The monoisotopic (exact) mass is 597 g/mol. The molecule has 0 aliphatic heterocycles. The fourth-order valence-corrected chi connectivity index (χ4v) is 5.56. The van der Waals surface area contributed by atoms with Gasteiger partial charge in [0.05, 0.1) is 0 Å². The molecule has 36 heavy (non-hydrogen) atoms. The zero-order valence-electron chi connectivity index (χ0n) is 23.9. The average Bonchev–Trinajstić information content (AvgIpc) is 3.31. The van der Waals surface area contributed by atoms with Gasteiger partial charge in [-0.1, -0.05) is 126 Å². The molecular formula is C33H41Cl2Zr. The number of allylic oxidation sites excluding steroid dienone is 4. The van der Waals surface area contributed by atoms with Gasteiger partial charge in [-0.2, -0.15) is 0 Å². The number of hydrogen-bond donors (Lipinski definition) is 0. The minimum atomic E-state index is 0. The summed E-state index contributed by atoms with van der Waals surface area (Å²) < 4.78 is 0. The van der Waals surface area contributed by atoms with Gasteiger partial charge in [-0.25, -0.2) is 0 Å². The van der Waals surface area contributed by atoms with Gasteiger partial charge in [0, 0.05) is 0 Å². The standard InChI is InChI=1S/C33H41.2ClH.Zr/c1-20(2)26-28-24-17-16-23(31(3,4)5)18-22(24)19-25(28)27(21-14-12-13-15-21)30(33(9,10)11)29(26)32(6,7)8;;;/h12-14,16-18H,15H2,1-11H3;2*1H;/q-1;;;+3/p-2. The number of fused-ring (bicyclic) bond motifs is 2. The van der Waals surface area contributed by atoms with Crippen molar-refractivity contribution >= 4 is 17.2 Å². The van der Waals surface area contributed by atoms with Gasteiger partial charge >= 0.3 is 26.2 Å². The van der Waals surface area contributed by atoms with E-state index in [-0.39, 0.29) is 67.3 Å². The van der Waals surface area contributed by atoms with E-state index in [0.29, 0.717) is 0 Å².